The lowest BCUT2D eigenvalue weighted by Gasteiger charge is -2.16. The van der Waals surface area contributed by atoms with Gasteiger partial charge in [0, 0.05) is 5.02 Å². The van der Waals surface area contributed by atoms with E-state index in [0.717, 1.165) is 5.56 Å². The van der Waals surface area contributed by atoms with E-state index in [4.69, 9.17) is 17.4 Å². The quantitative estimate of drug-likeness (QED) is 0.600. The zero-order valence-electron chi connectivity index (χ0n) is 11.4. The number of amides is 1. The fraction of sp³-hybridized carbons (Fsp3) is 0.133. The Balaban J connectivity index is 2.17. The van der Waals surface area contributed by atoms with Crippen molar-refractivity contribution >= 4 is 23.2 Å². The molecule has 1 unspecified atom stereocenters. The number of anilines is 1. The predicted molar refractivity (Wildman–Crippen MR) is 81.5 cm³/mol. The number of nitrogen functional groups attached to an aromatic ring is 1. The third-order valence-corrected chi connectivity index (χ3v) is 3.33. The van der Waals surface area contributed by atoms with Crippen LogP contribution < -0.4 is 16.6 Å². The van der Waals surface area contributed by atoms with Gasteiger partial charge >= 0.3 is 0 Å². The number of halogens is 2. The van der Waals surface area contributed by atoms with E-state index in [9.17, 15) is 9.18 Å². The second-order valence-electron chi connectivity index (χ2n) is 4.58. The summed E-state index contributed by atoms with van der Waals surface area (Å²) in [7, 11) is 0. The van der Waals surface area contributed by atoms with Crippen LogP contribution in [0.15, 0.2) is 42.5 Å². The Hall–Kier alpha value is -2.11. The molecule has 0 aromatic heterocycles. The molecule has 4 N–H and O–H groups in total. The van der Waals surface area contributed by atoms with Gasteiger partial charge < -0.3 is 10.7 Å². The summed E-state index contributed by atoms with van der Waals surface area (Å²) in [5.41, 5.74) is 4.08. The van der Waals surface area contributed by atoms with Gasteiger partial charge in [-0.3, -0.25) is 10.6 Å². The van der Waals surface area contributed by atoms with Crippen molar-refractivity contribution in [1.29, 1.82) is 0 Å². The fourth-order valence-corrected chi connectivity index (χ4v) is 2.11. The second kappa shape index (κ2) is 6.56. The molecule has 0 saturated heterocycles. The minimum atomic E-state index is -0.318. The summed E-state index contributed by atoms with van der Waals surface area (Å²) >= 11 is 5.90. The van der Waals surface area contributed by atoms with Crippen molar-refractivity contribution < 1.29 is 9.18 Å². The van der Waals surface area contributed by atoms with Crippen molar-refractivity contribution in [3.8, 4) is 0 Å². The van der Waals surface area contributed by atoms with Gasteiger partial charge in [-0.05, 0) is 42.8 Å². The molecule has 1 atom stereocenters. The molecule has 0 saturated carbocycles. The molecule has 0 fully saturated rings. The predicted octanol–water partition coefficient (Wildman–Crippen LogP) is 3.26. The maximum absolute atomic E-state index is 12.9. The van der Waals surface area contributed by atoms with Gasteiger partial charge in [0.25, 0.3) is 5.91 Å². The van der Waals surface area contributed by atoms with Gasteiger partial charge in [0.2, 0.25) is 0 Å². The number of carbonyl (C=O) groups excluding carboxylic acids is 1. The summed E-state index contributed by atoms with van der Waals surface area (Å²) in [5, 5.41) is 3.26. The van der Waals surface area contributed by atoms with E-state index in [1.54, 1.807) is 24.3 Å². The lowest BCUT2D eigenvalue weighted by Crippen LogP contribution is -2.28. The number of hydrazine groups is 1. The molecule has 0 aliphatic rings. The molecule has 0 spiro atoms. The number of nitrogens with one attached hydrogen (secondary N) is 2. The SMILES string of the molecule is CC(NC(=O)c1cc(Cl)ccc1NN)c1ccc(F)cc1. The average Bonchev–Trinajstić information content (AvgIpc) is 2.47. The van der Waals surface area contributed by atoms with E-state index >= 15 is 0 Å². The molecule has 21 heavy (non-hydrogen) atoms. The average molecular weight is 308 g/mol. The zero-order chi connectivity index (χ0) is 15.4. The first-order valence-electron chi connectivity index (χ1n) is 6.33. The molecule has 0 radical (unpaired) electrons. The lowest BCUT2D eigenvalue weighted by atomic mass is 10.1. The van der Waals surface area contributed by atoms with E-state index in [1.165, 1.54) is 18.2 Å². The first-order chi connectivity index (χ1) is 10.0. The van der Waals surface area contributed by atoms with E-state index < -0.39 is 0 Å². The number of nitrogens with two attached hydrogens (primary N) is 1. The highest BCUT2D eigenvalue weighted by atomic mass is 35.5. The van der Waals surface area contributed by atoms with Crippen LogP contribution >= 0.6 is 11.6 Å². The molecule has 4 nitrogen and oxygen atoms in total. The van der Waals surface area contributed by atoms with Crippen molar-refractivity contribution in [1.82, 2.24) is 5.32 Å². The summed E-state index contributed by atoms with van der Waals surface area (Å²) in [5.74, 6) is 4.75. The lowest BCUT2D eigenvalue weighted by molar-refractivity contribution is 0.0940. The third-order valence-electron chi connectivity index (χ3n) is 3.10. The number of hydrogen-bond acceptors (Lipinski definition) is 3. The molecule has 0 aliphatic heterocycles. The molecule has 1 amide bonds. The van der Waals surface area contributed by atoms with Gasteiger partial charge in [0.1, 0.15) is 5.82 Å². The molecule has 0 bridgehead atoms. The Bertz CT molecular complexity index is 646. The van der Waals surface area contributed by atoms with Crippen molar-refractivity contribution in [3.05, 3.63) is 64.4 Å². The number of hydrogen-bond donors (Lipinski definition) is 3. The van der Waals surface area contributed by atoms with Gasteiger partial charge in [-0.25, -0.2) is 4.39 Å². The number of rotatable bonds is 4. The van der Waals surface area contributed by atoms with Crippen LogP contribution in [0.1, 0.15) is 28.9 Å². The minimum Gasteiger partial charge on any atom is -0.345 e. The standard InChI is InChI=1S/C15H15ClFN3O/c1-9(10-2-5-12(17)6-3-10)19-15(21)13-8-11(16)4-7-14(13)20-18/h2-9,20H,18H2,1H3,(H,19,21). The highest BCUT2D eigenvalue weighted by Gasteiger charge is 2.15. The number of benzene rings is 2. The molecule has 0 aliphatic carbocycles. The Labute approximate surface area is 127 Å². The van der Waals surface area contributed by atoms with Gasteiger partial charge in [0.15, 0.2) is 0 Å². The van der Waals surface area contributed by atoms with Gasteiger partial charge in [-0.2, -0.15) is 0 Å². The summed E-state index contributed by atoms with van der Waals surface area (Å²) in [6.07, 6.45) is 0. The molecule has 6 heteroatoms. The summed E-state index contributed by atoms with van der Waals surface area (Å²) in [4.78, 5) is 12.3. The van der Waals surface area contributed by atoms with Crippen molar-refractivity contribution in [2.24, 2.45) is 5.84 Å². The normalized spacial score (nSPS) is 11.8. The minimum absolute atomic E-state index is 0.275. The Morgan fingerprint density at radius 2 is 1.90 bits per heavy atom. The summed E-state index contributed by atoms with van der Waals surface area (Å²) < 4.78 is 12.9. The summed E-state index contributed by atoms with van der Waals surface area (Å²) in [6, 6.07) is 10.5. The second-order valence-corrected chi connectivity index (χ2v) is 5.02. The molecule has 110 valence electrons. The van der Waals surface area contributed by atoms with Crippen LogP contribution in [0.25, 0.3) is 0 Å². The van der Waals surface area contributed by atoms with E-state index in [2.05, 4.69) is 10.7 Å². The zero-order valence-corrected chi connectivity index (χ0v) is 12.1. The molecule has 0 heterocycles. The van der Waals surface area contributed by atoms with Gasteiger partial charge in [-0.1, -0.05) is 23.7 Å². The molecular weight excluding hydrogens is 293 g/mol. The van der Waals surface area contributed by atoms with E-state index in [0.29, 0.717) is 16.3 Å². The Morgan fingerprint density at radius 1 is 1.24 bits per heavy atom. The van der Waals surface area contributed by atoms with Crippen LogP contribution in [-0.4, -0.2) is 5.91 Å². The Morgan fingerprint density at radius 3 is 2.52 bits per heavy atom. The van der Waals surface area contributed by atoms with Gasteiger partial charge in [0.05, 0.1) is 17.3 Å². The highest BCUT2D eigenvalue weighted by molar-refractivity contribution is 6.31. The summed E-state index contributed by atoms with van der Waals surface area (Å²) in [6.45, 7) is 1.81. The fourth-order valence-electron chi connectivity index (χ4n) is 1.94. The number of carbonyl (C=O) groups is 1. The van der Waals surface area contributed by atoms with Gasteiger partial charge in [-0.15, -0.1) is 0 Å². The third kappa shape index (κ3) is 3.71. The molecule has 2 rings (SSSR count). The van der Waals surface area contributed by atoms with Crippen LogP contribution in [-0.2, 0) is 0 Å². The highest BCUT2D eigenvalue weighted by Crippen LogP contribution is 2.21. The molecule has 2 aromatic carbocycles. The van der Waals surface area contributed by atoms with Crippen molar-refractivity contribution in [3.63, 3.8) is 0 Å². The van der Waals surface area contributed by atoms with Crippen LogP contribution in [0, 0.1) is 5.82 Å². The topological polar surface area (TPSA) is 67.2 Å². The maximum atomic E-state index is 12.9. The van der Waals surface area contributed by atoms with Crippen LogP contribution in [0.4, 0.5) is 10.1 Å². The van der Waals surface area contributed by atoms with Crippen LogP contribution in [0.2, 0.25) is 5.02 Å². The largest absolute Gasteiger partial charge is 0.345 e. The Kier molecular flexibility index (Phi) is 4.77. The maximum Gasteiger partial charge on any atom is 0.253 e. The molecular formula is C15H15ClFN3O. The smallest absolute Gasteiger partial charge is 0.253 e. The van der Waals surface area contributed by atoms with Crippen LogP contribution in [0.5, 0.6) is 0 Å². The van der Waals surface area contributed by atoms with Crippen LogP contribution in [0.3, 0.4) is 0 Å². The molecule has 2 aromatic rings. The monoisotopic (exact) mass is 307 g/mol. The van der Waals surface area contributed by atoms with Crippen molar-refractivity contribution in [2.75, 3.05) is 5.43 Å². The van der Waals surface area contributed by atoms with Crippen molar-refractivity contribution in [2.45, 2.75) is 13.0 Å². The first kappa shape index (κ1) is 15.3. The van der Waals surface area contributed by atoms with E-state index in [-0.39, 0.29) is 17.8 Å². The van der Waals surface area contributed by atoms with E-state index in [1.807, 2.05) is 6.92 Å². The first-order valence-corrected chi connectivity index (χ1v) is 6.71.